The van der Waals surface area contributed by atoms with Crippen LogP contribution in [0.3, 0.4) is 0 Å². The molecule has 0 aliphatic carbocycles. The molecule has 3 rings (SSSR count). The molecule has 0 spiro atoms. The lowest BCUT2D eigenvalue weighted by atomic mass is 9.93. The Balaban J connectivity index is 0.00000225. The van der Waals surface area contributed by atoms with Crippen LogP contribution in [-0.2, 0) is 0 Å². The topological polar surface area (TPSA) is 65.7 Å². The van der Waals surface area contributed by atoms with Crippen molar-refractivity contribution in [1.29, 1.82) is 0 Å². The Morgan fingerprint density at radius 1 is 1.52 bits per heavy atom. The van der Waals surface area contributed by atoms with E-state index in [2.05, 4.69) is 33.6 Å². The molecule has 3 heterocycles. The van der Waals surface area contributed by atoms with Gasteiger partial charge in [-0.1, -0.05) is 6.92 Å². The molecule has 2 aliphatic rings. The zero-order chi connectivity index (χ0) is 17.0. The van der Waals surface area contributed by atoms with Crippen molar-refractivity contribution in [3.05, 3.63) is 18.7 Å². The third-order valence-corrected chi connectivity index (χ3v) is 6.30. The second-order valence-electron chi connectivity index (χ2n) is 6.99. The van der Waals surface area contributed by atoms with E-state index in [4.69, 9.17) is 4.99 Å². The molecule has 1 aromatic rings. The van der Waals surface area contributed by atoms with Gasteiger partial charge < -0.3 is 19.9 Å². The highest BCUT2D eigenvalue weighted by atomic mass is 127. The number of nitrogens with zero attached hydrogens (tertiary/aromatic N) is 4. The second-order valence-corrected chi connectivity index (χ2v) is 8.09. The maximum absolute atomic E-state index is 10.6. The number of aliphatic hydroxyl groups is 1. The number of aliphatic imine (C=N–C) groups is 1. The molecular formula is C17H30IN5OS. The number of likely N-dealkylation sites (tertiary alicyclic amines) is 1. The maximum atomic E-state index is 10.6. The highest BCUT2D eigenvalue weighted by Gasteiger charge is 2.33. The van der Waals surface area contributed by atoms with Crippen LogP contribution in [0.4, 0.5) is 0 Å². The number of hydrogen-bond acceptors (Lipinski definition) is 4. The van der Waals surface area contributed by atoms with Crippen molar-refractivity contribution in [1.82, 2.24) is 19.8 Å². The van der Waals surface area contributed by atoms with Gasteiger partial charge >= 0.3 is 0 Å². The van der Waals surface area contributed by atoms with Crippen LogP contribution in [0.15, 0.2) is 23.7 Å². The molecule has 0 aromatic carbocycles. The van der Waals surface area contributed by atoms with Gasteiger partial charge in [0.25, 0.3) is 0 Å². The Hall–Kier alpha value is -0.480. The number of thioether (sulfide) groups is 1. The number of halogens is 1. The summed E-state index contributed by atoms with van der Waals surface area (Å²) in [6.07, 6.45) is 7.78. The Labute approximate surface area is 171 Å². The van der Waals surface area contributed by atoms with Gasteiger partial charge in [0, 0.05) is 37.8 Å². The number of aromatic nitrogens is 2. The highest BCUT2D eigenvalue weighted by Crippen LogP contribution is 2.29. The number of guanidine groups is 1. The lowest BCUT2D eigenvalue weighted by molar-refractivity contribution is 0.0772. The van der Waals surface area contributed by atoms with Crippen LogP contribution in [0.2, 0.25) is 0 Å². The summed E-state index contributed by atoms with van der Waals surface area (Å²) in [4.78, 5) is 11.3. The monoisotopic (exact) mass is 479 g/mol. The van der Waals surface area contributed by atoms with Gasteiger partial charge in [-0.2, -0.15) is 11.8 Å². The van der Waals surface area contributed by atoms with Crippen molar-refractivity contribution in [3.63, 3.8) is 0 Å². The van der Waals surface area contributed by atoms with Crippen molar-refractivity contribution in [2.45, 2.75) is 38.3 Å². The Morgan fingerprint density at radius 3 is 3.00 bits per heavy atom. The highest BCUT2D eigenvalue weighted by molar-refractivity contribution is 14.0. The Morgan fingerprint density at radius 2 is 2.36 bits per heavy atom. The largest absolute Gasteiger partial charge is 0.387 e. The van der Waals surface area contributed by atoms with Crippen LogP contribution >= 0.6 is 35.7 Å². The molecule has 8 heteroatoms. The molecule has 2 fully saturated rings. The molecule has 0 amide bonds. The fourth-order valence-electron chi connectivity index (χ4n) is 3.46. The van der Waals surface area contributed by atoms with Crippen LogP contribution in [-0.4, -0.2) is 68.8 Å². The first-order valence-corrected chi connectivity index (χ1v) is 10.1. The summed E-state index contributed by atoms with van der Waals surface area (Å²) in [6.45, 7) is 7.67. The van der Waals surface area contributed by atoms with E-state index < -0.39 is 5.60 Å². The van der Waals surface area contributed by atoms with E-state index in [1.807, 2.05) is 30.5 Å². The molecule has 6 nitrogen and oxygen atoms in total. The van der Waals surface area contributed by atoms with Gasteiger partial charge in [-0.05, 0) is 31.4 Å². The van der Waals surface area contributed by atoms with Crippen LogP contribution in [0.5, 0.6) is 0 Å². The van der Waals surface area contributed by atoms with Crippen molar-refractivity contribution in [3.8, 4) is 0 Å². The summed E-state index contributed by atoms with van der Waals surface area (Å²) in [5, 5.41) is 14.0. The van der Waals surface area contributed by atoms with Crippen molar-refractivity contribution < 1.29 is 5.11 Å². The van der Waals surface area contributed by atoms with E-state index in [-0.39, 0.29) is 24.0 Å². The fraction of sp³-hybridized carbons (Fsp3) is 0.765. The minimum Gasteiger partial charge on any atom is -0.387 e. The zero-order valence-electron chi connectivity index (χ0n) is 15.1. The molecule has 25 heavy (non-hydrogen) atoms. The lowest BCUT2D eigenvalue weighted by Gasteiger charge is -2.39. The summed E-state index contributed by atoms with van der Waals surface area (Å²) < 4.78 is 2.21. The van der Waals surface area contributed by atoms with Crippen molar-refractivity contribution in [2.24, 2.45) is 10.9 Å². The quantitative estimate of drug-likeness (QED) is 0.394. The molecule has 3 unspecified atom stereocenters. The molecule has 2 aliphatic heterocycles. The first-order valence-electron chi connectivity index (χ1n) is 8.92. The first kappa shape index (κ1) is 20.8. The van der Waals surface area contributed by atoms with E-state index in [1.54, 1.807) is 0 Å². The molecule has 0 saturated carbocycles. The van der Waals surface area contributed by atoms with E-state index in [0.717, 1.165) is 49.9 Å². The summed E-state index contributed by atoms with van der Waals surface area (Å²) in [6, 6.07) is 0.412. The summed E-state index contributed by atoms with van der Waals surface area (Å²) in [5.41, 5.74) is -0.627. The summed E-state index contributed by atoms with van der Waals surface area (Å²) >= 11 is 1.82. The van der Waals surface area contributed by atoms with Crippen LogP contribution in [0.1, 0.15) is 32.7 Å². The van der Waals surface area contributed by atoms with E-state index >= 15 is 0 Å². The van der Waals surface area contributed by atoms with Gasteiger partial charge in [0.2, 0.25) is 0 Å². The van der Waals surface area contributed by atoms with Gasteiger partial charge in [0.1, 0.15) is 0 Å². The second kappa shape index (κ2) is 9.45. The minimum absolute atomic E-state index is 0. The normalized spacial score (nSPS) is 30.2. The van der Waals surface area contributed by atoms with Crippen molar-refractivity contribution in [2.75, 3.05) is 37.7 Å². The first-order chi connectivity index (χ1) is 11.6. The standard InChI is InChI=1S/C17H29N5OS.HI/c1-3-19-16(20-11-17(23)5-9-24-12-17)21-7-4-14(2)15(10-21)22-8-6-18-13-22;/h6,8,13-15,23H,3-5,7,9-12H2,1-2H3,(H,19,20);1H. The predicted molar refractivity (Wildman–Crippen MR) is 115 cm³/mol. The van der Waals surface area contributed by atoms with Crippen LogP contribution < -0.4 is 5.32 Å². The molecule has 0 bridgehead atoms. The molecular weight excluding hydrogens is 449 g/mol. The number of hydrogen-bond donors (Lipinski definition) is 2. The van der Waals surface area contributed by atoms with Gasteiger partial charge in [-0.25, -0.2) is 4.98 Å². The minimum atomic E-state index is -0.627. The SMILES string of the molecule is CCNC(=NCC1(O)CCSC1)N1CCC(C)C(n2ccnc2)C1.I. The Bertz CT molecular complexity index is 547. The predicted octanol–water partition coefficient (Wildman–Crippen LogP) is 2.22. The number of imidazole rings is 1. The third-order valence-electron chi connectivity index (χ3n) is 5.07. The average molecular weight is 479 g/mol. The van der Waals surface area contributed by atoms with Crippen LogP contribution in [0.25, 0.3) is 0 Å². The van der Waals surface area contributed by atoms with Gasteiger partial charge in [-0.15, -0.1) is 24.0 Å². The van der Waals surface area contributed by atoms with Crippen LogP contribution in [0, 0.1) is 5.92 Å². The van der Waals surface area contributed by atoms with Gasteiger partial charge in [-0.3, -0.25) is 4.99 Å². The molecule has 1 aromatic heterocycles. The van der Waals surface area contributed by atoms with Gasteiger partial charge in [0.05, 0.1) is 24.5 Å². The molecule has 0 radical (unpaired) electrons. The van der Waals surface area contributed by atoms with Gasteiger partial charge in [0.15, 0.2) is 5.96 Å². The maximum Gasteiger partial charge on any atom is 0.194 e. The zero-order valence-corrected chi connectivity index (χ0v) is 18.2. The number of nitrogens with one attached hydrogen (secondary N) is 1. The summed E-state index contributed by atoms with van der Waals surface area (Å²) in [7, 11) is 0. The number of piperidine rings is 1. The average Bonchev–Trinajstić information content (AvgIpc) is 3.24. The summed E-state index contributed by atoms with van der Waals surface area (Å²) in [5.74, 6) is 3.38. The molecule has 2 N–H and O–H groups in total. The molecule has 142 valence electrons. The molecule has 2 saturated heterocycles. The third kappa shape index (κ3) is 5.26. The number of rotatable bonds is 4. The van der Waals surface area contributed by atoms with E-state index in [9.17, 15) is 5.11 Å². The lowest BCUT2D eigenvalue weighted by Crippen LogP contribution is -2.49. The smallest absolute Gasteiger partial charge is 0.194 e. The fourth-order valence-corrected chi connectivity index (χ4v) is 4.75. The Kier molecular flexibility index (Phi) is 7.88. The molecule has 3 atom stereocenters. The van der Waals surface area contributed by atoms with Crippen molar-refractivity contribution >= 4 is 41.7 Å². The van der Waals surface area contributed by atoms with E-state index in [0.29, 0.717) is 18.5 Å². The van der Waals surface area contributed by atoms with E-state index in [1.165, 1.54) is 0 Å².